The lowest BCUT2D eigenvalue weighted by atomic mass is 10.0. The van der Waals surface area contributed by atoms with Gasteiger partial charge in [0.15, 0.2) is 10.8 Å². The van der Waals surface area contributed by atoms with Crippen LogP contribution in [0.25, 0.3) is 0 Å². The summed E-state index contributed by atoms with van der Waals surface area (Å²) in [6.07, 6.45) is -4.39. The average Bonchev–Trinajstić information content (AvgIpc) is 3.21. The second-order valence-electron chi connectivity index (χ2n) is 6.50. The fourth-order valence-corrected chi connectivity index (χ4v) is 4.39. The van der Waals surface area contributed by atoms with Crippen molar-refractivity contribution < 1.29 is 13.2 Å². The van der Waals surface area contributed by atoms with Crippen LogP contribution >= 0.6 is 11.3 Å². The highest BCUT2D eigenvalue weighted by Crippen LogP contribution is 2.38. The number of alkyl halides is 3. The number of aryl methyl sites for hydroxylation is 1. The Hall–Kier alpha value is -2.10. The molecule has 2 unspecified atom stereocenters. The van der Waals surface area contributed by atoms with Crippen molar-refractivity contribution in [3.05, 3.63) is 33.6 Å². The van der Waals surface area contributed by atoms with Crippen LogP contribution in [-0.2, 0) is 13.2 Å². The van der Waals surface area contributed by atoms with E-state index in [-0.39, 0.29) is 5.56 Å². The van der Waals surface area contributed by atoms with E-state index in [1.807, 2.05) is 4.90 Å². The Balaban J connectivity index is 1.44. The molecule has 0 saturated carbocycles. The van der Waals surface area contributed by atoms with Crippen molar-refractivity contribution in [1.82, 2.24) is 14.8 Å². The minimum Gasteiger partial charge on any atom is -0.354 e. The third-order valence-corrected chi connectivity index (χ3v) is 5.71. The molecule has 2 aliphatic rings. The highest BCUT2D eigenvalue weighted by Gasteiger charge is 2.42. The molecule has 0 bridgehead atoms. The van der Waals surface area contributed by atoms with Gasteiger partial charge >= 0.3 is 6.18 Å². The van der Waals surface area contributed by atoms with Crippen LogP contribution in [0.1, 0.15) is 5.69 Å². The van der Waals surface area contributed by atoms with Gasteiger partial charge < -0.3 is 9.80 Å². The predicted octanol–water partition coefficient (Wildman–Crippen LogP) is 1.83. The van der Waals surface area contributed by atoms with Crippen molar-refractivity contribution in [2.24, 2.45) is 18.9 Å². The first-order valence-electron chi connectivity index (χ1n) is 7.88. The van der Waals surface area contributed by atoms with Crippen molar-refractivity contribution in [3.63, 3.8) is 0 Å². The number of thiazole rings is 1. The molecule has 6 nitrogen and oxygen atoms in total. The van der Waals surface area contributed by atoms with Gasteiger partial charge in [-0.3, -0.25) is 4.79 Å². The number of fused-ring (bicyclic) bond motifs is 1. The Morgan fingerprint density at radius 2 is 1.76 bits per heavy atom. The normalized spacial score (nSPS) is 23.4. The van der Waals surface area contributed by atoms with E-state index >= 15 is 0 Å². The van der Waals surface area contributed by atoms with Crippen molar-refractivity contribution in [1.29, 1.82) is 0 Å². The summed E-state index contributed by atoms with van der Waals surface area (Å²) in [4.78, 5) is 19.3. The van der Waals surface area contributed by atoms with Gasteiger partial charge in [0.05, 0.1) is 0 Å². The van der Waals surface area contributed by atoms with E-state index in [9.17, 15) is 18.0 Å². The number of rotatable bonds is 2. The highest BCUT2D eigenvalue weighted by atomic mass is 32.1. The van der Waals surface area contributed by atoms with Gasteiger partial charge in [0.25, 0.3) is 5.56 Å². The first-order chi connectivity index (χ1) is 11.8. The topological polar surface area (TPSA) is 54.3 Å². The fourth-order valence-electron chi connectivity index (χ4n) is 3.53. The van der Waals surface area contributed by atoms with E-state index in [2.05, 4.69) is 15.0 Å². The number of halogens is 3. The van der Waals surface area contributed by atoms with Gasteiger partial charge in [0.1, 0.15) is 5.82 Å². The lowest BCUT2D eigenvalue weighted by Gasteiger charge is -2.22. The summed E-state index contributed by atoms with van der Waals surface area (Å²) in [5.41, 5.74) is -0.973. The standard InChI is InChI=1S/C15H16F3N5OS/c1-21-13(24)3-2-12(20-21)22-4-9-6-23(7-10(9)5-22)14-19-11(8-25-14)15(16,17)18/h2-3,8-10H,4-7H2,1H3. The van der Waals surface area contributed by atoms with Crippen molar-refractivity contribution in [3.8, 4) is 0 Å². The van der Waals surface area contributed by atoms with Crippen LogP contribution in [0.4, 0.5) is 24.1 Å². The van der Waals surface area contributed by atoms with E-state index in [1.165, 1.54) is 10.7 Å². The van der Waals surface area contributed by atoms with E-state index < -0.39 is 11.9 Å². The number of hydrogen-bond acceptors (Lipinski definition) is 6. The maximum absolute atomic E-state index is 12.7. The molecule has 0 amide bonds. The average molecular weight is 371 g/mol. The molecule has 2 atom stereocenters. The zero-order chi connectivity index (χ0) is 17.8. The van der Waals surface area contributed by atoms with Crippen LogP contribution in [-0.4, -0.2) is 40.9 Å². The second kappa shape index (κ2) is 5.72. The van der Waals surface area contributed by atoms with Gasteiger partial charge in [-0.05, 0) is 6.07 Å². The molecule has 2 aromatic rings. The molecule has 2 saturated heterocycles. The Kier molecular flexibility index (Phi) is 3.75. The minimum atomic E-state index is -4.39. The maximum atomic E-state index is 12.7. The molecular formula is C15H16F3N5OS. The third-order valence-electron chi connectivity index (χ3n) is 4.81. The summed E-state index contributed by atoms with van der Waals surface area (Å²) in [7, 11) is 1.62. The second-order valence-corrected chi connectivity index (χ2v) is 7.33. The SMILES string of the molecule is Cn1nc(N2CC3CN(c4nc(C(F)(F)F)cs4)CC3C2)ccc1=O. The van der Waals surface area contributed by atoms with Gasteiger partial charge in [0.2, 0.25) is 0 Å². The number of hydrogen-bond donors (Lipinski definition) is 0. The first-order valence-corrected chi connectivity index (χ1v) is 8.76. The predicted molar refractivity (Wildman–Crippen MR) is 88.0 cm³/mol. The summed E-state index contributed by atoms with van der Waals surface area (Å²) in [5, 5.41) is 5.78. The van der Waals surface area contributed by atoms with Crippen LogP contribution in [0, 0.1) is 11.8 Å². The van der Waals surface area contributed by atoms with Crippen molar-refractivity contribution in [2.75, 3.05) is 36.0 Å². The lowest BCUT2D eigenvalue weighted by Crippen LogP contribution is -2.31. The molecule has 134 valence electrons. The summed E-state index contributed by atoms with van der Waals surface area (Å²) < 4.78 is 39.4. The van der Waals surface area contributed by atoms with Gasteiger partial charge in [-0.2, -0.15) is 18.3 Å². The smallest absolute Gasteiger partial charge is 0.354 e. The molecular weight excluding hydrogens is 355 g/mol. The molecule has 0 aromatic carbocycles. The first kappa shape index (κ1) is 16.4. The van der Waals surface area contributed by atoms with Crippen LogP contribution in [0.3, 0.4) is 0 Å². The highest BCUT2D eigenvalue weighted by molar-refractivity contribution is 7.13. The minimum absolute atomic E-state index is 0.154. The van der Waals surface area contributed by atoms with Gasteiger partial charge in [-0.25, -0.2) is 9.67 Å². The lowest BCUT2D eigenvalue weighted by molar-refractivity contribution is -0.140. The summed E-state index contributed by atoms with van der Waals surface area (Å²) in [6.45, 7) is 2.95. The summed E-state index contributed by atoms with van der Waals surface area (Å²) >= 11 is 1.04. The van der Waals surface area contributed by atoms with Crippen LogP contribution in [0.5, 0.6) is 0 Å². The fraction of sp³-hybridized carbons (Fsp3) is 0.533. The molecule has 0 aliphatic carbocycles. The van der Waals surface area contributed by atoms with Crippen LogP contribution in [0.2, 0.25) is 0 Å². The van der Waals surface area contributed by atoms with Crippen molar-refractivity contribution >= 4 is 22.3 Å². The Morgan fingerprint density at radius 3 is 2.32 bits per heavy atom. The molecule has 4 heterocycles. The number of aromatic nitrogens is 3. The summed E-state index contributed by atoms with van der Waals surface area (Å²) in [5.74, 6) is 1.48. The van der Waals surface area contributed by atoms with Gasteiger partial charge in [0, 0.05) is 56.5 Å². The Morgan fingerprint density at radius 1 is 1.12 bits per heavy atom. The monoisotopic (exact) mass is 371 g/mol. The van der Waals surface area contributed by atoms with Crippen molar-refractivity contribution in [2.45, 2.75) is 6.18 Å². The number of nitrogens with zero attached hydrogens (tertiary/aromatic N) is 5. The third kappa shape index (κ3) is 2.99. The molecule has 2 aromatic heterocycles. The quantitative estimate of drug-likeness (QED) is 0.806. The molecule has 2 aliphatic heterocycles. The molecule has 10 heteroatoms. The Bertz CT molecular complexity index is 834. The largest absolute Gasteiger partial charge is 0.434 e. The number of anilines is 2. The van der Waals surface area contributed by atoms with Crippen LogP contribution < -0.4 is 15.4 Å². The van der Waals surface area contributed by atoms with Crippen LogP contribution in [0.15, 0.2) is 22.3 Å². The molecule has 0 spiro atoms. The molecule has 0 N–H and O–H groups in total. The summed E-state index contributed by atoms with van der Waals surface area (Å²) in [6, 6.07) is 3.22. The molecule has 0 radical (unpaired) electrons. The molecule has 2 fully saturated rings. The maximum Gasteiger partial charge on any atom is 0.434 e. The van der Waals surface area contributed by atoms with E-state index in [1.54, 1.807) is 13.1 Å². The van der Waals surface area contributed by atoms with E-state index in [4.69, 9.17) is 0 Å². The molecule has 25 heavy (non-hydrogen) atoms. The molecule has 4 rings (SSSR count). The van der Waals surface area contributed by atoms with E-state index in [0.29, 0.717) is 30.1 Å². The van der Waals surface area contributed by atoms with Gasteiger partial charge in [-0.1, -0.05) is 0 Å². The van der Waals surface area contributed by atoms with Gasteiger partial charge in [-0.15, -0.1) is 11.3 Å². The zero-order valence-electron chi connectivity index (χ0n) is 13.4. The Labute approximate surface area is 145 Å². The zero-order valence-corrected chi connectivity index (χ0v) is 14.2. The van der Waals surface area contributed by atoms with E-state index in [0.717, 1.165) is 35.6 Å².